The van der Waals surface area contributed by atoms with Crippen LogP contribution in [-0.4, -0.2) is 64.5 Å². The number of carboxylic acid groups (broad SMARTS) is 1. The molecule has 0 unspecified atom stereocenters. The normalized spacial score (nSPS) is 19.8. The molecule has 6 nitrogen and oxygen atoms in total. The minimum atomic E-state index is -0.867. The van der Waals surface area contributed by atoms with Gasteiger partial charge >= 0.3 is 5.97 Å². The highest BCUT2D eigenvalue weighted by Crippen LogP contribution is 2.47. The summed E-state index contributed by atoms with van der Waals surface area (Å²) in [4.78, 5) is 16.9. The van der Waals surface area contributed by atoms with Crippen molar-refractivity contribution in [2.75, 3.05) is 37.6 Å². The molecule has 1 saturated heterocycles. The zero-order chi connectivity index (χ0) is 24.6. The number of benzene rings is 2. The number of fused-ring (bicyclic) bond motifs is 5. The molecular formula is C30H37N3O3. The second kappa shape index (κ2) is 9.91. The Morgan fingerprint density at radius 3 is 2.44 bits per heavy atom. The summed E-state index contributed by atoms with van der Waals surface area (Å²) in [5, 5.41) is 20.8. The number of aliphatic hydroxyl groups is 1. The summed E-state index contributed by atoms with van der Waals surface area (Å²) in [5.41, 5.74) is 6.72. The molecule has 1 aromatic heterocycles. The molecule has 1 aliphatic carbocycles. The molecule has 0 radical (unpaired) electrons. The van der Waals surface area contributed by atoms with Crippen LogP contribution in [0.4, 0.5) is 5.69 Å². The minimum Gasteiger partial charge on any atom is -0.478 e. The number of carboxylic acids is 1. The SMILES string of the molecule is O=C(O)c1ccc2c(C3CCCCC3)c3n(c2c1)CCN(CCN1CCC(O)CC1)c1ccccc1-3. The Hall–Kier alpha value is -2.83. The standard InChI is InChI=1S/C30H37N3O3/c34-23-12-14-31(15-13-23)16-17-32-18-19-33-27-20-22(30(35)36)10-11-24(27)28(21-6-2-1-3-7-21)29(33)25-8-4-5-9-26(25)32/h4-5,8-11,20-21,23,34H,1-3,6-7,12-19H2,(H,35,36). The van der Waals surface area contributed by atoms with E-state index < -0.39 is 5.97 Å². The van der Waals surface area contributed by atoms with Crippen LogP contribution in [0, 0.1) is 0 Å². The van der Waals surface area contributed by atoms with Crippen LogP contribution >= 0.6 is 0 Å². The van der Waals surface area contributed by atoms with Crippen LogP contribution in [0.2, 0.25) is 0 Å². The van der Waals surface area contributed by atoms with Gasteiger partial charge in [-0.1, -0.05) is 43.5 Å². The molecule has 2 N–H and O–H groups in total. The van der Waals surface area contributed by atoms with E-state index in [-0.39, 0.29) is 6.10 Å². The molecule has 3 heterocycles. The predicted octanol–water partition coefficient (Wildman–Crippen LogP) is 5.33. The number of aliphatic hydroxyl groups excluding tert-OH is 1. The van der Waals surface area contributed by atoms with Gasteiger partial charge in [0, 0.05) is 61.4 Å². The van der Waals surface area contributed by atoms with Gasteiger partial charge in [-0.25, -0.2) is 4.79 Å². The summed E-state index contributed by atoms with van der Waals surface area (Å²) >= 11 is 0. The molecule has 1 saturated carbocycles. The average molecular weight is 488 g/mol. The van der Waals surface area contributed by atoms with Crippen LogP contribution in [0.25, 0.3) is 22.2 Å². The smallest absolute Gasteiger partial charge is 0.335 e. The van der Waals surface area contributed by atoms with Crippen LogP contribution in [0.15, 0.2) is 42.5 Å². The van der Waals surface area contributed by atoms with Crippen LogP contribution in [0.5, 0.6) is 0 Å². The van der Waals surface area contributed by atoms with E-state index in [4.69, 9.17) is 0 Å². The first-order chi connectivity index (χ1) is 17.6. The van der Waals surface area contributed by atoms with Gasteiger partial charge in [0.2, 0.25) is 0 Å². The second-order valence-electron chi connectivity index (χ2n) is 10.9. The van der Waals surface area contributed by atoms with E-state index in [1.165, 1.54) is 60.0 Å². The lowest BCUT2D eigenvalue weighted by Crippen LogP contribution is -2.41. The molecule has 190 valence electrons. The third kappa shape index (κ3) is 4.31. The van der Waals surface area contributed by atoms with Gasteiger partial charge < -0.3 is 24.6 Å². The maximum absolute atomic E-state index is 11.9. The first-order valence-corrected chi connectivity index (χ1v) is 13.7. The fraction of sp³-hybridized carbons (Fsp3) is 0.500. The maximum Gasteiger partial charge on any atom is 0.335 e. The number of aromatic carboxylic acids is 1. The number of hydrogen-bond donors (Lipinski definition) is 2. The largest absolute Gasteiger partial charge is 0.478 e. The average Bonchev–Trinajstić information content (AvgIpc) is 3.14. The van der Waals surface area contributed by atoms with Crippen molar-refractivity contribution in [1.82, 2.24) is 9.47 Å². The van der Waals surface area contributed by atoms with Crippen molar-refractivity contribution in [3.63, 3.8) is 0 Å². The molecule has 6 rings (SSSR count). The molecule has 0 spiro atoms. The van der Waals surface area contributed by atoms with Crippen LogP contribution in [0.3, 0.4) is 0 Å². The van der Waals surface area contributed by atoms with E-state index in [9.17, 15) is 15.0 Å². The molecule has 0 bridgehead atoms. The third-order valence-electron chi connectivity index (χ3n) is 8.70. The predicted molar refractivity (Wildman–Crippen MR) is 144 cm³/mol. The van der Waals surface area contributed by atoms with Gasteiger partial charge in [-0.05, 0) is 55.4 Å². The third-order valence-corrected chi connectivity index (χ3v) is 8.70. The number of carbonyl (C=O) groups is 1. The van der Waals surface area contributed by atoms with Gasteiger partial charge in [-0.2, -0.15) is 0 Å². The molecule has 2 aliphatic heterocycles. The fourth-order valence-corrected chi connectivity index (χ4v) is 6.76. The first-order valence-electron chi connectivity index (χ1n) is 13.7. The molecule has 6 heteroatoms. The first kappa shape index (κ1) is 23.6. The number of hydrogen-bond acceptors (Lipinski definition) is 4. The summed E-state index contributed by atoms with van der Waals surface area (Å²) in [6.45, 7) is 5.61. The highest BCUT2D eigenvalue weighted by atomic mass is 16.4. The van der Waals surface area contributed by atoms with Crippen LogP contribution < -0.4 is 4.90 Å². The van der Waals surface area contributed by atoms with Gasteiger partial charge in [0.1, 0.15) is 0 Å². The number of piperidine rings is 1. The Morgan fingerprint density at radius 1 is 0.889 bits per heavy atom. The summed E-state index contributed by atoms with van der Waals surface area (Å²) < 4.78 is 2.42. The van der Waals surface area contributed by atoms with Crippen molar-refractivity contribution in [3.8, 4) is 11.3 Å². The van der Waals surface area contributed by atoms with Crippen molar-refractivity contribution >= 4 is 22.6 Å². The van der Waals surface area contributed by atoms with Crippen LogP contribution in [0.1, 0.15) is 66.8 Å². The van der Waals surface area contributed by atoms with Gasteiger partial charge in [0.05, 0.1) is 17.4 Å². The molecule has 3 aliphatic rings. The highest BCUT2D eigenvalue weighted by molar-refractivity contribution is 5.99. The molecule has 36 heavy (non-hydrogen) atoms. The number of rotatable bonds is 5. The zero-order valence-corrected chi connectivity index (χ0v) is 21.0. The van der Waals surface area contributed by atoms with Crippen molar-refractivity contribution in [2.45, 2.75) is 63.5 Å². The molecule has 3 aromatic rings. The van der Waals surface area contributed by atoms with Gasteiger partial charge in [0.15, 0.2) is 0 Å². The Bertz CT molecular complexity index is 1250. The zero-order valence-electron chi connectivity index (χ0n) is 21.0. The Labute approximate surface area is 213 Å². The Balaban J connectivity index is 1.43. The topological polar surface area (TPSA) is 68.9 Å². The van der Waals surface area contributed by atoms with E-state index in [0.717, 1.165) is 57.6 Å². The van der Waals surface area contributed by atoms with E-state index in [2.05, 4.69) is 44.7 Å². The van der Waals surface area contributed by atoms with Gasteiger partial charge in [-0.15, -0.1) is 0 Å². The quantitative estimate of drug-likeness (QED) is 0.509. The summed E-state index contributed by atoms with van der Waals surface area (Å²) in [5.74, 6) is -0.346. The Kier molecular flexibility index (Phi) is 6.48. The molecule has 0 atom stereocenters. The lowest BCUT2D eigenvalue weighted by Gasteiger charge is -2.32. The Morgan fingerprint density at radius 2 is 1.67 bits per heavy atom. The van der Waals surface area contributed by atoms with Crippen molar-refractivity contribution in [1.29, 1.82) is 0 Å². The molecule has 0 amide bonds. The van der Waals surface area contributed by atoms with E-state index >= 15 is 0 Å². The van der Waals surface area contributed by atoms with Crippen LogP contribution in [-0.2, 0) is 6.54 Å². The lowest BCUT2D eigenvalue weighted by molar-refractivity contribution is 0.0697. The minimum absolute atomic E-state index is 0.145. The monoisotopic (exact) mass is 487 g/mol. The molecule has 2 aromatic carbocycles. The molecule has 2 fully saturated rings. The summed E-state index contributed by atoms with van der Waals surface area (Å²) in [6.07, 6.45) is 7.85. The summed E-state index contributed by atoms with van der Waals surface area (Å²) in [6, 6.07) is 14.6. The van der Waals surface area contributed by atoms with Gasteiger partial charge in [-0.3, -0.25) is 0 Å². The van der Waals surface area contributed by atoms with Gasteiger partial charge in [0.25, 0.3) is 0 Å². The van der Waals surface area contributed by atoms with E-state index in [1.54, 1.807) is 6.07 Å². The lowest BCUT2D eigenvalue weighted by atomic mass is 9.81. The number of aromatic nitrogens is 1. The number of anilines is 1. The highest BCUT2D eigenvalue weighted by Gasteiger charge is 2.30. The van der Waals surface area contributed by atoms with Crippen molar-refractivity contribution in [2.24, 2.45) is 0 Å². The molecular weight excluding hydrogens is 450 g/mol. The summed E-state index contributed by atoms with van der Waals surface area (Å²) in [7, 11) is 0. The van der Waals surface area contributed by atoms with E-state index in [0.29, 0.717) is 11.5 Å². The van der Waals surface area contributed by atoms with E-state index in [1.807, 2.05) is 6.07 Å². The number of para-hydroxylation sites is 1. The maximum atomic E-state index is 11.9. The number of nitrogens with zero attached hydrogens (tertiary/aromatic N) is 3. The van der Waals surface area contributed by atoms with Crippen molar-refractivity contribution in [3.05, 3.63) is 53.6 Å². The fourth-order valence-electron chi connectivity index (χ4n) is 6.76. The second-order valence-corrected chi connectivity index (χ2v) is 10.9. The van der Waals surface area contributed by atoms with Crippen molar-refractivity contribution < 1.29 is 15.0 Å². The number of likely N-dealkylation sites (tertiary alicyclic amines) is 1.